The molecule has 0 amide bonds. The molecule has 1 heterocycles. The van der Waals surface area contributed by atoms with Crippen molar-refractivity contribution in [3.8, 4) is 23.0 Å². The predicted molar refractivity (Wildman–Crippen MR) is 95.3 cm³/mol. The van der Waals surface area contributed by atoms with Crippen molar-refractivity contribution in [1.82, 2.24) is 4.90 Å². The minimum Gasteiger partial charge on any atom is -0.496 e. The summed E-state index contributed by atoms with van der Waals surface area (Å²) in [7, 11) is 3.35. The van der Waals surface area contributed by atoms with Gasteiger partial charge >= 0.3 is 0 Å². The van der Waals surface area contributed by atoms with E-state index in [1.165, 1.54) is 31.5 Å². The smallest absolute Gasteiger partial charge is 0.169 e. The van der Waals surface area contributed by atoms with Crippen molar-refractivity contribution >= 4 is 0 Å². The number of ether oxygens (including phenoxy) is 3. The molecule has 1 aliphatic heterocycles. The molecule has 1 aliphatic rings. The summed E-state index contributed by atoms with van der Waals surface area (Å²) in [6, 6.07) is 12.0. The Morgan fingerprint density at radius 1 is 0.875 bits per heavy atom. The lowest BCUT2D eigenvalue weighted by molar-refractivity contribution is 0.329. The number of aryl methyl sites for hydroxylation is 1. The van der Waals surface area contributed by atoms with E-state index in [1.54, 1.807) is 14.2 Å². The topological polar surface area (TPSA) is 30.9 Å². The van der Waals surface area contributed by atoms with Crippen LogP contribution in [0.3, 0.4) is 0 Å². The highest BCUT2D eigenvalue weighted by Crippen LogP contribution is 2.34. The van der Waals surface area contributed by atoms with Gasteiger partial charge in [-0.15, -0.1) is 0 Å². The van der Waals surface area contributed by atoms with Crippen LogP contribution in [0.1, 0.15) is 24.0 Å². The molecule has 1 fully saturated rings. The monoisotopic (exact) mass is 327 g/mol. The van der Waals surface area contributed by atoms with Crippen molar-refractivity contribution in [1.29, 1.82) is 0 Å². The number of methoxy groups -OCH3 is 2. The molecular formula is C20H25NO3. The SMILES string of the molecule is COc1ccc(Oc2ccc(CN3CCCC3)cc2OC)cc1C. The van der Waals surface area contributed by atoms with Gasteiger partial charge in [-0.1, -0.05) is 6.07 Å². The summed E-state index contributed by atoms with van der Waals surface area (Å²) in [6.45, 7) is 5.34. The molecular weight excluding hydrogens is 302 g/mol. The Bertz CT molecular complexity index is 693. The molecule has 128 valence electrons. The van der Waals surface area contributed by atoms with Crippen molar-refractivity contribution in [2.75, 3.05) is 27.3 Å². The minimum absolute atomic E-state index is 0.729. The van der Waals surface area contributed by atoms with Gasteiger partial charge in [-0.3, -0.25) is 4.90 Å². The van der Waals surface area contributed by atoms with Crippen LogP contribution in [0.15, 0.2) is 36.4 Å². The zero-order chi connectivity index (χ0) is 16.9. The molecule has 0 radical (unpaired) electrons. The number of hydrogen-bond donors (Lipinski definition) is 0. The van der Waals surface area contributed by atoms with E-state index in [9.17, 15) is 0 Å². The molecule has 4 nitrogen and oxygen atoms in total. The van der Waals surface area contributed by atoms with E-state index >= 15 is 0 Å². The summed E-state index contributed by atoms with van der Waals surface area (Å²) in [4.78, 5) is 2.47. The normalized spacial score (nSPS) is 14.6. The zero-order valence-corrected chi connectivity index (χ0v) is 14.7. The third kappa shape index (κ3) is 3.82. The highest BCUT2D eigenvalue weighted by molar-refractivity contribution is 5.47. The van der Waals surface area contributed by atoms with Crippen LogP contribution < -0.4 is 14.2 Å². The van der Waals surface area contributed by atoms with Gasteiger partial charge in [-0.25, -0.2) is 0 Å². The molecule has 0 aliphatic carbocycles. The van der Waals surface area contributed by atoms with Crippen LogP contribution in [0.4, 0.5) is 0 Å². The number of likely N-dealkylation sites (tertiary alicyclic amines) is 1. The first-order valence-electron chi connectivity index (χ1n) is 8.41. The standard InChI is InChI=1S/C20H25NO3/c1-15-12-17(7-9-18(15)22-2)24-19-8-6-16(13-20(19)23-3)14-21-10-4-5-11-21/h6-9,12-13H,4-5,10-11,14H2,1-3H3. The van der Waals surface area contributed by atoms with Gasteiger partial charge in [0, 0.05) is 6.54 Å². The summed E-state index contributed by atoms with van der Waals surface area (Å²) in [5.41, 5.74) is 2.30. The fourth-order valence-electron chi connectivity index (χ4n) is 3.13. The van der Waals surface area contributed by atoms with Gasteiger partial charge in [0.2, 0.25) is 0 Å². The molecule has 0 unspecified atom stereocenters. The Hall–Kier alpha value is -2.20. The molecule has 0 saturated carbocycles. The van der Waals surface area contributed by atoms with Crippen molar-refractivity contribution in [2.24, 2.45) is 0 Å². The number of benzene rings is 2. The molecule has 0 aromatic heterocycles. The molecule has 24 heavy (non-hydrogen) atoms. The van der Waals surface area contributed by atoms with Crippen LogP contribution in [0.25, 0.3) is 0 Å². The van der Waals surface area contributed by atoms with Gasteiger partial charge in [0.25, 0.3) is 0 Å². The van der Waals surface area contributed by atoms with Crippen molar-refractivity contribution in [3.05, 3.63) is 47.5 Å². The van der Waals surface area contributed by atoms with Gasteiger partial charge in [0.1, 0.15) is 11.5 Å². The van der Waals surface area contributed by atoms with Crippen molar-refractivity contribution < 1.29 is 14.2 Å². The van der Waals surface area contributed by atoms with Gasteiger partial charge in [-0.05, 0) is 74.3 Å². The summed E-state index contributed by atoms with van der Waals surface area (Å²) in [5, 5.41) is 0. The largest absolute Gasteiger partial charge is 0.496 e. The Morgan fingerprint density at radius 3 is 2.25 bits per heavy atom. The number of rotatable bonds is 6. The average Bonchev–Trinajstić information content (AvgIpc) is 3.09. The fourth-order valence-corrected chi connectivity index (χ4v) is 3.13. The lowest BCUT2D eigenvalue weighted by atomic mass is 10.2. The van der Waals surface area contributed by atoms with E-state index in [-0.39, 0.29) is 0 Å². The van der Waals surface area contributed by atoms with Crippen LogP contribution in [-0.4, -0.2) is 32.2 Å². The van der Waals surface area contributed by atoms with Gasteiger partial charge in [0.15, 0.2) is 11.5 Å². The van der Waals surface area contributed by atoms with Gasteiger partial charge < -0.3 is 14.2 Å². The van der Waals surface area contributed by atoms with Gasteiger partial charge in [-0.2, -0.15) is 0 Å². The minimum atomic E-state index is 0.729. The van der Waals surface area contributed by atoms with Gasteiger partial charge in [0.05, 0.1) is 14.2 Å². The first kappa shape index (κ1) is 16.7. The van der Waals surface area contributed by atoms with Crippen LogP contribution in [-0.2, 0) is 6.54 Å². The van der Waals surface area contributed by atoms with Crippen LogP contribution in [0.5, 0.6) is 23.0 Å². The highest BCUT2D eigenvalue weighted by atomic mass is 16.5. The van der Waals surface area contributed by atoms with Crippen LogP contribution in [0.2, 0.25) is 0 Å². The van der Waals surface area contributed by atoms with E-state index in [2.05, 4.69) is 17.0 Å². The average molecular weight is 327 g/mol. The molecule has 2 aromatic carbocycles. The summed E-state index contributed by atoms with van der Waals surface area (Å²) < 4.78 is 16.8. The van der Waals surface area contributed by atoms with Crippen molar-refractivity contribution in [3.63, 3.8) is 0 Å². The first-order chi connectivity index (χ1) is 11.7. The quantitative estimate of drug-likeness (QED) is 0.787. The molecule has 1 saturated heterocycles. The lowest BCUT2D eigenvalue weighted by Gasteiger charge is -2.17. The Kier molecular flexibility index (Phi) is 5.26. The van der Waals surface area contributed by atoms with Crippen LogP contribution >= 0.6 is 0 Å². The number of hydrogen-bond acceptors (Lipinski definition) is 4. The van der Waals surface area contributed by atoms with E-state index in [0.717, 1.165) is 35.1 Å². The molecule has 4 heteroatoms. The van der Waals surface area contributed by atoms with E-state index in [4.69, 9.17) is 14.2 Å². The second-order valence-electron chi connectivity index (χ2n) is 6.20. The first-order valence-corrected chi connectivity index (χ1v) is 8.41. The predicted octanol–water partition coefficient (Wildman–Crippen LogP) is 4.40. The summed E-state index contributed by atoms with van der Waals surface area (Å²) in [6.07, 6.45) is 2.60. The molecule has 2 aromatic rings. The second kappa shape index (κ2) is 7.58. The maximum absolute atomic E-state index is 6.01. The van der Waals surface area contributed by atoms with Crippen molar-refractivity contribution in [2.45, 2.75) is 26.3 Å². The third-order valence-corrected chi connectivity index (χ3v) is 4.43. The van der Waals surface area contributed by atoms with Crippen LogP contribution in [0, 0.1) is 6.92 Å². The Balaban J connectivity index is 1.76. The second-order valence-corrected chi connectivity index (χ2v) is 6.20. The van der Waals surface area contributed by atoms with E-state index in [1.807, 2.05) is 31.2 Å². The molecule has 0 N–H and O–H groups in total. The highest BCUT2D eigenvalue weighted by Gasteiger charge is 2.14. The summed E-state index contributed by atoms with van der Waals surface area (Å²) >= 11 is 0. The third-order valence-electron chi connectivity index (χ3n) is 4.43. The van der Waals surface area contributed by atoms with E-state index in [0.29, 0.717) is 0 Å². The molecule has 0 spiro atoms. The Labute approximate surface area is 144 Å². The Morgan fingerprint density at radius 2 is 1.58 bits per heavy atom. The summed E-state index contributed by atoms with van der Waals surface area (Å²) in [5.74, 6) is 3.13. The van der Waals surface area contributed by atoms with E-state index < -0.39 is 0 Å². The maximum Gasteiger partial charge on any atom is 0.169 e. The number of nitrogens with zero attached hydrogens (tertiary/aromatic N) is 1. The molecule has 3 rings (SSSR count). The zero-order valence-electron chi connectivity index (χ0n) is 14.7. The maximum atomic E-state index is 6.01. The fraction of sp³-hybridized carbons (Fsp3) is 0.400. The molecule has 0 bridgehead atoms. The molecule has 0 atom stereocenters. The lowest BCUT2D eigenvalue weighted by Crippen LogP contribution is -2.18.